The SMILES string of the molecule is Cc1ccc(SCC(=O)Nc2cc(Cl)ccc2OCc2cc(=O)n3ccsc3n2)cc1. The molecule has 0 aliphatic rings. The number of anilines is 1. The Morgan fingerprint density at radius 3 is 2.84 bits per heavy atom. The predicted octanol–water partition coefficient (Wildman–Crippen LogP) is 5.03. The summed E-state index contributed by atoms with van der Waals surface area (Å²) in [5.41, 5.74) is 1.98. The second-order valence-electron chi connectivity index (χ2n) is 6.72. The Balaban J connectivity index is 1.43. The van der Waals surface area contributed by atoms with Crippen molar-refractivity contribution in [1.82, 2.24) is 9.38 Å². The van der Waals surface area contributed by atoms with Crippen molar-refractivity contribution in [1.29, 1.82) is 0 Å². The van der Waals surface area contributed by atoms with Gasteiger partial charge in [-0.15, -0.1) is 23.1 Å². The number of rotatable bonds is 7. The molecule has 0 aliphatic carbocycles. The number of halogens is 1. The third kappa shape index (κ3) is 5.46. The Kier molecular flexibility index (Phi) is 6.60. The fourth-order valence-electron chi connectivity index (χ4n) is 2.81. The molecule has 0 fully saturated rings. The number of aryl methyl sites for hydroxylation is 1. The average Bonchev–Trinajstić information content (AvgIpc) is 3.22. The second-order valence-corrected chi connectivity index (χ2v) is 9.08. The van der Waals surface area contributed by atoms with Crippen LogP contribution in [0.3, 0.4) is 0 Å². The predicted molar refractivity (Wildman–Crippen MR) is 126 cm³/mol. The van der Waals surface area contributed by atoms with E-state index in [9.17, 15) is 9.59 Å². The molecule has 0 atom stereocenters. The summed E-state index contributed by atoms with van der Waals surface area (Å²) < 4.78 is 7.33. The van der Waals surface area contributed by atoms with Crippen LogP contribution in [0.5, 0.6) is 5.75 Å². The van der Waals surface area contributed by atoms with Gasteiger partial charge in [0.05, 0.1) is 17.1 Å². The normalized spacial score (nSPS) is 10.9. The van der Waals surface area contributed by atoms with Gasteiger partial charge in [-0.25, -0.2) is 4.98 Å². The number of ether oxygens (including phenoxy) is 1. The van der Waals surface area contributed by atoms with Crippen LogP contribution in [0.25, 0.3) is 4.96 Å². The van der Waals surface area contributed by atoms with Gasteiger partial charge in [-0.05, 0) is 37.3 Å². The number of benzene rings is 2. The fraction of sp³-hybridized carbons (Fsp3) is 0.136. The van der Waals surface area contributed by atoms with Crippen molar-refractivity contribution in [3.05, 3.63) is 86.7 Å². The standard InChI is InChI=1S/C22H18ClN3O3S2/c1-14-2-5-17(6-3-14)31-13-20(27)25-18-10-15(23)4-7-19(18)29-12-16-11-21(28)26-8-9-30-22(26)24-16/h2-11H,12-13H2,1H3,(H,25,27). The van der Waals surface area contributed by atoms with Gasteiger partial charge in [0, 0.05) is 27.6 Å². The number of hydrogen-bond donors (Lipinski definition) is 1. The summed E-state index contributed by atoms with van der Waals surface area (Å²) in [6.45, 7) is 2.11. The van der Waals surface area contributed by atoms with Crippen molar-refractivity contribution < 1.29 is 9.53 Å². The second kappa shape index (κ2) is 9.55. The van der Waals surface area contributed by atoms with Crippen molar-refractivity contribution in [3.8, 4) is 5.75 Å². The minimum atomic E-state index is -0.172. The molecule has 2 aromatic heterocycles. The molecule has 9 heteroatoms. The first-order chi connectivity index (χ1) is 15.0. The van der Waals surface area contributed by atoms with Gasteiger partial charge in [0.1, 0.15) is 12.4 Å². The molecule has 0 bridgehead atoms. The molecule has 6 nitrogen and oxygen atoms in total. The largest absolute Gasteiger partial charge is 0.485 e. The number of nitrogens with zero attached hydrogens (tertiary/aromatic N) is 2. The molecule has 0 saturated carbocycles. The zero-order chi connectivity index (χ0) is 21.8. The quantitative estimate of drug-likeness (QED) is 0.383. The molecule has 31 heavy (non-hydrogen) atoms. The highest BCUT2D eigenvalue weighted by molar-refractivity contribution is 8.00. The van der Waals surface area contributed by atoms with Crippen molar-refractivity contribution in [2.75, 3.05) is 11.1 Å². The van der Waals surface area contributed by atoms with Gasteiger partial charge in [0.2, 0.25) is 5.91 Å². The van der Waals surface area contributed by atoms with Gasteiger partial charge >= 0.3 is 0 Å². The zero-order valence-corrected chi connectivity index (χ0v) is 18.9. The van der Waals surface area contributed by atoms with Crippen LogP contribution in [0.4, 0.5) is 5.69 Å². The summed E-state index contributed by atoms with van der Waals surface area (Å²) in [5, 5.41) is 5.13. The van der Waals surface area contributed by atoms with E-state index in [1.165, 1.54) is 39.1 Å². The highest BCUT2D eigenvalue weighted by Crippen LogP contribution is 2.29. The molecule has 0 aliphatic heterocycles. The van der Waals surface area contributed by atoms with Crippen molar-refractivity contribution in [2.24, 2.45) is 0 Å². The summed E-state index contributed by atoms with van der Waals surface area (Å²) in [6, 6.07) is 14.4. The molecule has 4 rings (SSSR count). The Hall–Kier alpha value is -2.81. The lowest BCUT2D eigenvalue weighted by Crippen LogP contribution is -2.16. The van der Waals surface area contributed by atoms with Crippen LogP contribution in [0, 0.1) is 6.92 Å². The van der Waals surface area contributed by atoms with E-state index in [4.69, 9.17) is 16.3 Å². The van der Waals surface area contributed by atoms with Crippen molar-refractivity contribution in [2.45, 2.75) is 18.4 Å². The van der Waals surface area contributed by atoms with Crippen LogP contribution in [0.2, 0.25) is 5.02 Å². The van der Waals surface area contributed by atoms with Gasteiger partial charge < -0.3 is 10.1 Å². The molecule has 2 aromatic carbocycles. The Morgan fingerprint density at radius 2 is 2.03 bits per heavy atom. The van der Waals surface area contributed by atoms with E-state index in [0.29, 0.717) is 27.1 Å². The van der Waals surface area contributed by atoms with E-state index in [-0.39, 0.29) is 23.8 Å². The van der Waals surface area contributed by atoms with Crippen molar-refractivity contribution in [3.63, 3.8) is 0 Å². The summed E-state index contributed by atoms with van der Waals surface area (Å²) in [5.74, 6) is 0.530. The van der Waals surface area contributed by atoms with Gasteiger partial charge in [-0.2, -0.15) is 0 Å². The number of amides is 1. The zero-order valence-electron chi connectivity index (χ0n) is 16.5. The molecule has 0 saturated heterocycles. The van der Waals surface area contributed by atoms with Gasteiger partial charge in [0.25, 0.3) is 5.56 Å². The van der Waals surface area contributed by atoms with E-state index in [2.05, 4.69) is 10.3 Å². The third-order valence-corrected chi connectivity index (χ3v) is 6.34. The molecular formula is C22H18ClN3O3S2. The highest BCUT2D eigenvalue weighted by Gasteiger charge is 2.11. The van der Waals surface area contributed by atoms with E-state index >= 15 is 0 Å². The van der Waals surface area contributed by atoms with Crippen LogP contribution in [0.1, 0.15) is 11.3 Å². The Labute approximate surface area is 191 Å². The summed E-state index contributed by atoms with van der Waals surface area (Å²) in [7, 11) is 0. The van der Waals surface area contributed by atoms with Gasteiger partial charge in [0.15, 0.2) is 4.96 Å². The monoisotopic (exact) mass is 471 g/mol. The first-order valence-corrected chi connectivity index (χ1v) is 11.6. The topological polar surface area (TPSA) is 72.7 Å². The van der Waals surface area contributed by atoms with Crippen LogP contribution in [0.15, 0.2) is 69.8 Å². The molecule has 0 unspecified atom stereocenters. The van der Waals surface area contributed by atoms with Crippen LogP contribution >= 0.6 is 34.7 Å². The summed E-state index contributed by atoms with van der Waals surface area (Å²) >= 11 is 8.94. The van der Waals surface area contributed by atoms with E-state index in [1.807, 2.05) is 31.2 Å². The van der Waals surface area contributed by atoms with Crippen LogP contribution in [-0.2, 0) is 11.4 Å². The lowest BCUT2D eigenvalue weighted by molar-refractivity contribution is -0.113. The Bertz CT molecular complexity index is 1290. The van der Waals surface area contributed by atoms with Crippen LogP contribution in [-0.4, -0.2) is 21.0 Å². The van der Waals surface area contributed by atoms with Gasteiger partial charge in [-0.1, -0.05) is 29.3 Å². The summed E-state index contributed by atoms with van der Waals surface area (Å²) in [4.78, 5) is 30.6. The molecule has 0 radical (unpaired) electrons. The average molecular weight is 472 g/mol. The van der Waals surface area contributed by atoms with Gasteiger partial charge in [-0.3, -0.25) is 14.0 Å². The smallest absolute Gasteiger partial charge is 0.258 e. The number of fused-ring (bicyclic) bond motifs is 1. The number of carbonyl (C=O) groups excluding carboxylic acids is 1. The molecule has 4 aromatic rings. The van der Waals surface area contributed by atoms with E-state index in [0.717, 1.165) is 4.90 Å². The number of carbonyl (C=O) groups is 1. The molecule has 1 amide bonds. The number of nitrogens with one attached hydrogen (secondary N) is 1. The first-order valence-electron chi connectivity index (χ1n) is 9.35. The Morgan fingerprint density at radius 1 is 1.23 bits per heavy atom. The van der Waals surface area contributed by atoms with E-state index in [1.54, 1.807) is 29.8 Å². The molecule has 158 valence electrons. The number of aromatic nitrogens is 2. The minimum absolute atomic E-state index is 0.0895. The molecule has 2 heterocycles. The number of hydrogen-bond acceptors (Lipinski definition) is 6. The maximum absolute atomic E-state index is 12.5. The first kappa shape index (κ1) is 21.4. The number of thioether (sulfide) groups is 1. The minimum Gasteiger partial charge on any atom is -0.485 e. The molecule has 1 N–H and O–H groups in total. The molecule has 0 spiro atoms. The number of thiazole rings is 1. The van der Waals surface area contributed by atoms with Crippen molar-refractivity contribution >= 4 is 51.3 Å². The molecular weight excluding hydrogens is 454 g/mol. The maximum Gasteiger partial charge on any atom is 0.258 e. The maximum atomic E-state index is 12.5. The third-order valence-electron chi connectivity index (χ3n) is 4.34. The van der Waals surface area contributed by atoms with Crippen LogP contribution < -0.4 is 15.6 Å². The lowest BCUT2D eigenvalue weighted by Gasteiger charge is -2.13. The lowest BCUT2D eigenvalue weighted by atomic mass is 10.2. The van der Waals surface area contributed by atoms with E-state index < -0.39 is 0 Å². The fourth-order valence-corrected chi connectivity index (χ4v) is 4.42. The highest BCUT2D eigenvalue weighted by atomic mass is 35.5. The summed E-state index contributed by atoms with van der Waals surface area (Å²) in [6.07, 6.45) is 1.68.